The van der Waals surface area contributed by atoms with Gasteiger partial charge in [-0.25, -0.2) is 15.0 Å². The molecule has 3 heterocycles. The third-order valence-corrected chi connectivity index (χ3v) is 9.70. The summed E-state index contributed by atoms with van der Waals surface area (Å²) in [5, 5.41) is 15.0. The summed E-state index contributed by atoms with van der Waals surface area (Å²) in [7, 11) is 0. The van der Waals surface area contributed by atoms with E-state index in [1.54, 1.807) is 0 Å². The van der Waals surface area contributed by atoms with Gasteiger partial charge in [0.15, 0.2) is 17.5 Å². The van der Waals surface area contributed by atoms with Gasteiger partial charge in [-0.05, 0) is 65.7 Å². The SMILES string of the molecule is N#Cc1cc(-n2c3ccccc3c3cc(-c4ccc5oc6ccccc6c5c4)ccc32)ccc1-c1nc(-c2ccccc2)nc(-c2ccccc2)n1. The molecule has 0 fully saturated rings. The Hall–Kier alpha value is -7.36. The Labute approximate surface area is 298 Å². The molecule has 6 heteroatoms. The van der Waals surface area contributed by atoms with Gasteiger partial charge in [-0.3, -0.25) is 0 Å². The van der Waals surface area contributed by atoms with Crippen molar-refractivity contribution in [1.29, 1.82) is 5.26 Å². The number of hydrogen-bond donors (Lipinski definition) is 0. The molecular formula is C46H27N5O. The van der Waals surface area contributed by atoms with Crippen LogP contribution in [0.1, 0.15) is 5.56 Å². The van der Waals surface area contributed by atoms with Crippen LogP contribution in [-0.2, 0) is 0 Å². The maximum atomic E-state index is 10.6. The predicted molar refractivity (Wildman–Crippen MR) is 208 cm³/mol. The molecule has 242 valence electrons. The molecule has 0 saturated heterocycles. The number of nitrogens with zero attached hydrogens (tertiary/aromatic N) is 5. The Morgan fingerprint density at radius 3 is 1.75 bits per heavy atom. The van der Waals surface area contributed by atoms with Gasteiger partial charge in [0.25, 0.3) is 0 Å². The highest BCUT2D eigenvalue weighted by molar-refractivity contribution is 6.11. The summed E-state index contributed by atoms with van der Waals surface area (Å²) in [5.41, 5.74) is 9.87. The van der Waals surface area contributed by atoms with Crippen molar-refractivity contribution in [2.24, 2.45) is 0 Å². The first-order valence-corrected chi connectivity index (χ1v) is 17.1. The fraction of sp³-hybridized carbons (Fsp3) is 0. The normalized spacial score (nSPS) is 11.4. The molecule has 0 aliphatic heterocycles. The van der Waals surface area contributed by atoms with Gasteiger partial charge in [-0.2, -0.15) is 5.26 Å². The van der Waals surface area contributed by atoms with Gasteiger partial charge in [-0.15, -0.1) is 0 Å². The van der Waals surface area contributed by atoms with E-state index in [9.17, 15) is 5.26 Å². The van der Waals surface area contributed by atoms with Gasteiger partial charge in [0.05, 0.1) is 22.7 Å². The van der Waals surface area contributed by atoms with Crippen molar-refractivity contribution >= 4 is 43.7 Å². The lowest BCUT2D eigenvalue weighted by molar-refractivity contribution is 0.669. The van der Waals surface area contributed by atoms with Crippen molar-refractivity contribution in [2.75, 3.05) is 0 Å². The van der Waals surface area contributed by atoms with E-state index in [1.807, 2.05) is 97.1 Å². The predicted octanol–water partition coefficient (Wildman–Crippen LogP) is 11.4. The molecule has 0 N–H and O–H groups in total. The maximum Gasteiger partial charge on any atom is 0.165 e. The van der Waals surface area contributed by atoms with Crippen LogP contribution in [0.25, 0.3) is 94.7 Å². The molecule has 52 heavy (non-hydrogen) atoms. The van der Waals surface area contributed by atoms with Gasteiger partial charge < -0.3 is 8.98 Å². The average molecular weight is 666 g/mol. The quantitative estimate of drug-likeness (QED) is 0.183. The van der Waals surface area contributed by atoms with Crippen LogP contribution in [0.5, 0.6) is 0 Å². The Morgan fingerprint density at radius 1 is 0.442 bits per heavy atom. The number of para-hydroxylation sites is 2. The second-order valence-corrected chi connectivity index (χ2v) is 12.8. The average Bonchev–Trinajstić information content (AvgIpc) is 3.76. The molecule has 0 unspecified atom stereocenters. The van der Waals surface area contributed by atoms with E-state index in [0.717, 1.165) is 71.7 Å². The van der Waals surface area contributed by atoms with E-state index >= 15 is 0 Å². The number of hydrogen-bond acceptors (Lipinski definition) is 5. The van der Waals surface area contributed by atoms with Crippen LogP contribution in [0.15, 0.2) is 168 Å². The van der Waals surface area contributed by atoms with Gasteiger partial charge in [0, 0.05) is 43.9 Å². The minimum atomic E-state index is 0.449. The van der Waals surface area contributed by atoms with E-state index in [4.69, 9.17) is 19.4 Å². The molecule has 0 atom stereocenters. The van der Waals surface area contributed by atoms with Gasteiger partial charge in [0.2, 0.25) is 0 Å². The summed E-state index contributed by atoms with van der Waals surface area (Å²) in [4.78, 5) is 14.6. The Bertz CT molecular complexity index is 2970. The molecule has 0 bridgehead atoms. The summed E-state index contributed by atoms with van der Waals surface area (Å²) in [6.07, 6.45) is 0. The summed E-state index contributed by atoms with van der Waals surface area (Å²) in [5.74, 6) is 1.55. The first-order valence-electron chi connectivity index (χ1n) is 17.1. The highest BCUT2D eigenvalue weighted by Crippen LogP contribution is 2.38. The lowest BCUT2D eigenvalue weighted by atomic mass is 10.0. The van der Waals surface area contributed by atoms with Gasteiger partial charge in [-0.1, -0.05) is 109 Å². The van der Waals surface area contributed by atoms with Crippen molar-refractivity contribution in [1.82, 2.24) is 19.5 Å². The Kier molecular flexibility index (Phi) is 6.76. The van der Waals surface area contributed by atoms with E-state index in [2.05, 4.69) is 77.4 Å². The highest BCUT2D eigenvalue weighted by atomic mass is 16.3. The Balaban J connectivity index is 1.11. The van der Waals surface area contributed by atoms with Gasteiger partial charge in [0.1, 0.15) is 11.2 Å². The number of furan rings is 1. The third-order valence-electron chi connectivity index (χ3n) is 9.70. The summed E-state index contributed by atoms with van der Waals surface area (Å²) >= 11 is 0. The number of rotatable bonds is 5. The molecule has 0 saturated carbocycles. The van der Waals surface area contributed by atoms with Crippen LogP contribution in [-0.4, -0.2) is 19.5 Å². The van der Waals surface area contributed by atoms with Crippen LogP contribution < -0.4 is 0 Å². The first-order chi connectivity index (χ1) is 25.7. The zero-order valence-corrected chi connectivity index (χ0v) is 27.7. The van der Waals surface area contributed by atoms with Crippen LogP contribution in [0.2, 0.25) is 0 Å². The second kappa shape index (κ2) is 11.9. The summed E-state index contributed by atoms with van der Waals surface area (Å²) in [6, 6.07) is 57.6. The maximum absolute atomic E-state index is 10.6. The molecular weight excluding hydrogens is 639 g/mol. The molecule has 10 rings (SSSR count). The minimum absolute atomic E-state index is 0.449. The van der Waals surface area contributed by atoms with E-state index in [0.29, 0.717) is 28.6 Å². The number of benzene rings is 7. The molecule has 10 aromatic rings. The van der Waals surface area contributed by atoms with Crippen molar-refractivity contribution in [3.8, 4) is 57.0 Å². The van der Waals surface area contributed by atoms with E-state index < -0.39 is 0 Å². The number of aromatic nitrogens is 4. The first kappa shape index (κ1) is 29.5. The van der Waals surface area contributed by atoms with Crippen LogP contribution >= 0.6 is 0 Å². The van der Waals surface area contributed by atoms with Crippen LogP contribution in [0, 0.1) is 11.3 Å². The van der Waals surface area contributed by atoms with Crippen molar-refractivity contribution in [3.05, 3.63) is 169 Å². The fourth-order valence-electron chi connectivity index (χ4n) is 7.22. The smallest absolute Gasteiger partial charge is 0.165 e. The summed E-state index contributed by atoms with van der Waals surface area (Å²) < 4.78 is 8.32. The molecule has 6 nitrogen and oxygen atoms in total. The number of nitriles is 1. The van der Waals surface area contributed by atoms with Crippen molar-refractivity contribution < 1.29 is 4.42 Å². The minimum Gasteiger partial charge on any atom is -0.456 e. The zero-order chi connectivity index (χ0) is 34.6. The molecule has 7 aromatic carbocycles. The molecule has 3 aromatic heterocycles. The zero-order valence-electron chi connectivity index (χ0n) is 27.7. The van der Waals surface area contributed by atoms with Crippen LogP contribution in [0.4, 0.5) is 0 Å². The molecule has 0 aliphatic rings. The molecule has 0 radical (unpaired) electrons. The van der Waals surface area contributed by atoms with Crippen molar-refractivity contribution in [2.45, 2.75) is 0 Å². The largest absolute Gasteiger partial charge is 0.456 e. The fourth-order valence-corrected chi connectivity index (χ4v) is 7.22. The van der Waals surface area contributed by atoms with Crippen molar-refractivity contribution in [3.63, 3.8) is 0 Å². The van der Waals surface area contributed by atoms with E-state index in [-0.39, 0.29) is 0 Å². The third kappa shape index (κ3) is 4.84. The van der Waals surface area contributed by atoms with E-state index in [1.165, 1.54) is 0 Å². The Morgan fingerprint density at radius 2 is 1.02 bits per heavy atom. The summed E-state index contributed by atoms with van der Waals surface area (Å²) in [6.45, 7) is 0. The second-order valence-electron chi connectivity index (χ2n) is 12.8. The molecule has 0 spiro atoms. The standard InChI is InChI=1S/C46H27N5O/c47-28-33-25-34(21-22-35(33)46-49-44(29-11-3-1-4-12-29)48-45(50-46)30-13-5-2-6-14-30)51-40-17-9-7-15-36(40)38-26-31(19-23-41(38)51)32-20-24-43-39(27-32)37-16-8-10-18-42(37)52-43/h1-27H. The molecule has 0 aliphatic carbocycles. The highest BCUT2D eigenvalue weighted by Gasteiger charge is 2.18. The monoisotopic (exact) mass is 665 g/mol. The lowest BCUT2D eigenvalue weighted by Crippen LogP contribution is -2.02. The van der Waals surface area contributed by atoms with Gasteiger partial charge >= 0.3 is 0 Å². The number of fused-ring (bicyclic) bond motifs is 6. The lowest BCUT2D eigenvalue weighted by Gasteiger charge is -2.12. The molecule has 0 amide bonds. The topological polar surface area (TPSA) is 80.5 Å². The van der Waals surface area contributed by atoms with Crippen LogP contribution in [0.3, 0.4) is 0 Å².